The molecule has 2 N–H and O–H groups in total. The summed E-state index contributed by atoms with van der Waals surface area (Å²) in [5, 5.41) is 5.81. The number of ether oxygens (including phenoxy) is 1. The molecule has 1 heterocycles. The fourth-order valence-electron chi connectivity index (χ4n) is 2.21. The quantitative estimate of drug-likeness (QED) is 0.550. The van der Waals surface area contributed by atoms with Gasteiger partial charge in [0.05, 0.1) is 30.8 Å². The van der Waals surface area contributed by atoms with Crippen LogP contribution < -0.4 is 10.6 Å². The van der Waals surface area contributed by atoms with Crippen LogP contribution in [0, 0.1) is 0 Å². The van der Waals surface area contributed by atoms with Gasteiger partial charge in [-0.05, 0) is 39.2 Å². The maximum Gasteiger partial charge on any atom is 0.339 e. The summed E-state index contributed by atoms with van der Waals surface area (Å²) in [5.41, 5.74) is 0.788. The third kappa shape index (κ3) is 5.52. The lowest BCUT2D eigenvalue weighted by Gasteiger charge is -2.11. The van der Waals surface area contributed by atoms with Crippen LogP contribution >= 0.6 is 0 Å². The van der Waals surface area contributed by atoms with E-state index in [0.29, 0.717) is 11.5 Å². The van der Waals surface area contributed by atoms with Crippen LogP contribution in [0.3, 0.4) is 0 Å². The van der Waals surface area contributed by atoms with E-state index in [4.69, 9.17) is 4.74 Å². The van der Waals surface area contributed by atoms with Gasteiger partial charge in [-0.3, -0.25) is 4.79 Å². The van der Waals surface area contributed by atoms with Crippen molar-refractivity contribution in [3.05, 3.63) is 47.9 Å². The summed E-state index contributed by atoms with van der Waals surface area (Å²) < 4.78 is 4.71. The van der Waals surface area contributed by atoms with Crippen LogP contribution in [0.5, 0.6) is 0 Å². The van der Waals surface area contributed by atoms with E-state index in [-0.39, 0.29) is 11.3 Å². The van der Waals surface area contributed by atoms with Crippen molar-refractivity contribution in [2.75, 3.05) is 44.9 Å². The fourth-order valence-corrected chi connectivity index (χ4v) is 2.21. The van der Waals surface area contributed by atoms with E-state index in [1.807, 2.05) is 14.1 Å². The number of benzene rings is 1. The Labute approximate surface area is 152 Å². The number of anilines is 2. The standard InChI is InChI=1S/C18H23N5O3/c1-23(2)10-6-9-19-16-12-20-15(11-21-16)17(24)22-14-8-5-4-7-13(14)18(25)26-3/h4-5,7-8,11-12H,6,9-10H2,1-3H3,(H,19,21)(H,22,24). The molecule has 1 aromatic heterocycles. The van der Waals surface area contributed by atoms with Crippen LogP contribution in [-0.2, 0) is 4.74 Å². The Morgan fingerprint density at radius 3 is 2.58 bits per heavy atom. The predicted octanol–water partition coefficient (Wildman–Crippen LogP) is 1.88. The minimum Gasteiger partial charge on any atom is -0.465 e. The highest BCUT2D eigenvalue weighted by atomic mass is 16.5. The van der Waals surface area contributed by atoms with E-state index in [0.717, 1.165) is 19.5 Å². The molecule has 0 bridgehead atoms. The molecule has 1 aromatic carbocycles. The molecule has 0 aliphatic heterocycles. The Morgan fingerprint density at radius 2 is 1.92 bits per heavy atom. The molecule has 26 heavy (non-hydrogen) atoms. The summed E-state index contributed by atoms with van der Waals surface area (Å²) >= 11 is 0. The van der Waals surface area contributed by atoms with Crippen LogP contribution in [0.2, 0.25) is 0 Å². The smallest absolute Gasteiger partial charge is 0.339 e. The number of hydrogen-bond acceptors (Lipinski definition) is 7. The van der Waals surface area contributed by atoms with Gasteiger partial charge in [0.25, 0.3) is 5.91 Å². The molecular formula is C18H23N5O3. The number of nitrogens with one attached hydrogen (secondary N) is 2. The Bertz CT molecular complexity index is 747. The normalized spacial score (nSPS) is 10.5. The first-order valence-corrected chi connectivity index (χ1v) is 8.20. The molecule has 8 nitrogen and oxygen atoms in total. The number of aromatic nitrogens is 2. The van der Waals surface area contributed by atoms with Crippen molar-refractivity contribution in [3.63, 3.8) is 0 Å². The van der Waals surface area contributed by atoms with Gasteiger partial charge in [-0.15, -0.1) is 0 Å². The highest BCUT2D eigenvalue weighted by molar-refractivity contribution is 6.06. The van der Waals surface area contributed by atoms with Crippen molar-refractivity contribution in [2.45, 2.75) is 6.42 Å². The minimum absolute atomic E-state index is 0.156. The summed E-state index contributed by atoms with van der Waals surface area (Å²) in [6.45, 7) is 1.74. The second-order valence-electron chi connectivity index (χ2n) is 5.86. The van der Waals surface area contributed by atoms with Crippen molar-refractivity contribution >= 4 is 23.4 Å². The van der Waals surface area contributed by atoms with Crippen LogP contribution in [-0.4, -0.2) is 61.0 Å². The molecule has 0 atom stereocenters. The van der Waals surface area contributed by atoms with Gasteiger partial charge in [0.1, 0.15) is 11.5 Å². The minimum atomic E-state index is -0.524. The number of hydrogen-bond donors (Lipinski definition) is 2. The van der Waals surface area contributed by atoms with Crippen molar-refractivity contribution in [3.8, 4) is 0 Å². The molecule has 0 spiro atoms. The maximum atomic E-state index is 12.3. The van der Waals surface area contributed by atoms with Crippen molar-refractivity contribution < 1.29 is 14.3 Å². The van der Waals surface area contributed by atoms with E-state index < -0.39 is 11.9 Å². The van der Waals surface area contributed by atoms with Gasteiger partial charge < -0.3 is 20.3 Å². The molecule has 0 saturated carbocycles. The number of methoxy groups -OCH3 is 1. The first-order chi connectivity index (χ1) is 12.5. The molecule has 0 radical (unpaired) electrons. The first kappa shape index (κ1) is 19.3. The molecule has 2 aromatic rings. The summed E-state index contributed by atoms with van der Waals surface area (Å²) in [4.78, 5) is 34.5. The molecule has 8 heteroatoms. The molecule has 0 unspecified atom stereocenters. The molecule has 0 saturated heterocycles. The number of rotatable bonds is 8. The van der Waals surface area contributed by atoms with Crippen molar-refractivity contribution in [2.24, 2.45) is 0 Å². The van der Waals surface area contributed by atoms with Gasteiger partial charge in [-0.1, -0.05) is 12.1 Å². The van der Waals surface area contributed by atoms with Gasteiger partial charge in [0.2, 0.25) is 0 Å². The first-order valence-electron chi connectivity index (χ1n) is 8.20. The molecule has 0 fully saturated rings. The third-order valence-electron chi connectivity index (χ3n) is 3.55. The zero-order chi connectivity index (χ0) is 18.9. The highest BCUT2D eigenvalue weighted by Crippen LogP contribution is 2.17. The monoisotopic (exact) mass is 357 g/mol. The molecule has 138 valence electrons. The Balaban J connectivity index is 1.97. The Kier molecular flexibility index (Phi) is 7.04. The summed E-state index contributed by atoms with van der Waals surface area (Å²) in [6.07, 6.45) is 3.88. The zero-order valence-corrected chi connectivity index (χ0v) is 15.2. The van der Waals surface area contributed by atoms with E-state index in [1.165, 1.54) is 19.5 Å². The number of esters is 1. The summed E-state index contributed by atoms with van der Waals surface area (Å²) in [7, 11) is 5.33. The molecule has 2 rings (SSSR count). The fraction of sp³-hybridized carbons (Fsp3) is 0.333. The largest absolute Gasteiger partial charge is 0.465 e. The van der Waals surface area contributed by atoms with Gasteiger partial charge in [-0.2, -0.15) is 0 Å². The van der Waals surface area contributed by atoms with Crippen LogP contribution in [0.15, 0.2) is 36.7 Å². The highest BCUT2D eigenvalue weighted by Gasteiger charge is 2.15. The average molecular weight is 357 g/mol. The number of nitrogens with zero attached hydrogens (tertiary/aromatic N) is 3. The van der Waals surface area contributed by atoms with Crippen molar-refractivity contribution in [1.82, 2.24) is 14.9 Å². The second-order valence-corrected chi connectivity index (χ2v) is 5.86. The lowest BCUT2D eigenvalue weighted by atomic mass is 10.1. The summed E-state index contributed by atoms with van der Waals surface area (Å²) in [5.74, 6) is -0.368. The van der Waals surface area contributed by atoms with Gasteiger partial charge in [0.15, 0.2) is 0 Å². The predicted molar refractivity (Wildman–Crippen MR) is 99.4 cm³/mol. The molecule has 1 amide bonds. The Hall–Kier alpha value is -3.00. The summed E-state index contributed by atoms with van der Waals surface area (Å²) in [6, 6.07) is 6.61. The second kappa shape index (κ2) is 9.47. The lowest BCUT2D eigenvalue weighted by molar-refractivity contribution is 0.0602. The van der Waals surface area contributed by atoms with Gasteiger partial charge >= 0.3 is 5.97 Å². The molecular weight excluding hydrogens is 334 g/mol. The number of carbonyl (C=O) groups is 2. The van der Waals surface area contributed by atoms with E-state index in [9.17, 15) is 9.59 Å². The van der Waals surface area contributed by atoms with E-state index in [1.54, 1.807) is 24.3 Å². The van der Waals surface area contributed by atoms with E-state index >= 15 is 0 Å². The maximum absolute atomic E-state index is 12.3. The van der Waals surface area contributed by atoms with Gasteiger partial charge in [0, 0.05) is 6.54 Å². The van der Waals surface area contributed by atoms with Crippen LogP contribution in [0.1, 0.15) is 27.3 Å². The molecule has 0 aliphatic carbocycles. The third-order valence-corrected chi connectivity index (χ3v) is 3.55. The topological polar surface area (TPSA) is 96.4 Å². The van der Waals surface area contributed by atoms with E-state index in [2.05, 4.69) is 25.5 Å². The van der Waals surface area contributed by atoms with Gasteiger partial charge in [-0.25, -0.2) is 14.8 Å². The van der Waals surface area contributed by atoms with Crippen LogP contribution in [0.4, 0.5) is 11.5 Å². The SMILES string of the molecule is COC(=O)c1ccccc1NC(=O)c1cnc(NCCCN(C)C)cn1. The number of carbonyl (C=O) groups excluding carboxylic acids is 2. The number of amides is 1. The average Bonchev–Trinajstić information content (AvgIpc) is 2.65. The lowest BCUT2D eigenvalue weighted by Crippen LogP contribution is -2.18. The zero-order valence-electron chi connectivity index (χ0n) is 15.2. The van der Waals surface area contributed by atoms with Crippen molar-refractivity contribution in [1.29, 1.82) is 0 Å². The van der Waals surface area contributed by atoms with Crippen LogP contribution in [0.25, 0.3) is 0 Å². The number of para-hydroxylation sites is 1. The Morgan fingerprint density at radius 1 is 1.15 bits per heavy atom. The molecule has 0 aliphatic rings.